The van der Waals surface area contributed by atoms with E-state index in [0.29, 0.717) is 5.56 Å². The summed E-state index contributed by atoms with van der Waals surface area (Å²) in [4.78, 5) is 10.5. The van der Waals surface area contributed by atoms with Crippen LogP contribution in [0.15, 0.2) is 18.2 Å². The highest BCUT2D eigenvalue weighted by molar-refractivity contribution is 5.73. The standard InChI is InChI=1S/C9H10FNO4/c10-11-6(9(14)15)3-5-1-2-7(12)8(13)4-5/h1-2,4,6,11-13H,3H2,(H,14,15)/t6-/m0/s1/i10-1. The van der Waals surface area contributed by atoms with Crippen LogP contribution in [0.3, 0.4) is 0 Å². The maximum absolute atomic E-state index is 12.0. The Morgan fingerprint density at radius 3 is 2.53 bits per heavy atom. The molecule has 0 bridgehead atoms. The number of carbonyl (C=O) groups is 1. The highest BCUT2D eigenvalue weighted by Gasteiger charge is 2.17. The Hall–Kier alpha value is -1.82. The molecule has 1 atom stereocenters. The summed E-state index contributed by atoms with van der Waals surface area (Å²) in [6, 6.07) is 2.43. The minimum atomic E-state index is -1.37. The third-order valence-electron chi connectivity index (χ3n) is 1.91. The van der Waals surface area contributed by atoms with Gasteiger partial charge in [-0.1, -0.05) is 6.07 Å². The Labute approximate surface area is 84.7 Å². The predicted octanol–water partition coefficient (Wildman–Crippen LogP) is 0.568. The van der Waals surface area contributed by atoms with Gasteiger partial charge in [-0.05, 0) is 17.7 Å². The van der Waals surface area contributed by atoms with Gasteiger partial charge >= 0.3 is 5.97 Å². The average Bonchev–Trinajstić information content (AvgIpc) is 2.19. The number of aromatic hydroxyl groups is 2. The molecule has 82 valence electrons. The number of halogens is 1. The second-order valence-corrected chi connectivity index (χ2v) is 3.03. The number of aliphatic carboxylic acids is 1. The van der Waals surface area contributed by atoms with Crippen molar-refractivity contribution in [3.63, 3.8) is 0 Å². The highest BCUT2D eigenvalue weighted by Crippen LogP contribution is 2.25. The van der Waals surface area contributed by atoms with E-state index in [4.69, 9.17) is 15.3 Å². The monoisotopic (exact) mass is 214 g/mol. The van der Waals surface area contributed by atoms with Crippen LogP contribution < -0.4 is 5.54 Å². The predicted molar refractivity (Wildman–Crippen MR) is 49.1 cm³/mol. The fraction of sp³-hybridized carbons (Fsp3) is 0.222. The van der Waals surface area contributed by atoms with Crippen LogP contribution in [-0.2, 0) is 11.2 Å². The van der Waals surface area contributed by atoms with Crippen molar-refractivity contribution in [2.24, 2.45) is 0 Å². The van der Waals surface area contributed by atoms with Gasteiger partial charge < -0.3 is 15.3 Å². The molecule has 4 N–H and O–H groups in total. The molecule has 0 saturated carbocycles. The Balaban J connectivity index is 2.80. The Bertz CT molecular complexity index is 369. The second kappa shape index (κ2) is 4.61. The van der Waals surface area contributed by atoms with E-state index in [2.05, 4.69) is 0 Å². The first-order valence-electron chi connectivity index (χ1n) is 4.14. The van der Waals surface area contributed by atoms with Gasteiger partial charge in [-0.2, -0.15) is 0 Å². The van der Waals surface area contributed by atoms with Gasteiger partial charge in [0.05, 0.1) is 0 Å². The van der Waals surface area contributed by atoms with Crippen LogP contribution in [0.4, 0.5) is 4.48 Å². The molecule has 0 unspecified atom stereocenters. The summed E-state index contributed by atoms with van der Waals surface area (Å²) in [7, 11) is 0. The van der Waals surface area contributed by atoms with Crippen LogP contribution in [0, 0.1) is 0 Å². The number of nitrogens with one attached hydrogen (secondary N) is 1. The molecule has 1 aromatic carbocycles. The molecule has 15 heavy (non-hydrogen) atoms. The minimum absolute atomic E-state index is 0.125. The number of carboxylic acids is 1. The molecule has 1 rings (SSSR count). The molecule has 0 heterocycles. The fourth-order valence-electron chi connectivity index (χ4n) is 1.10. The molecule has 5 nitrogen and oxygen atoms in total. The lowest BCUT2D eigenvalue weighted by molar-refractivity contribution is -0.140. The molecule has 0 fully saturated rings. The number of benzene rings is 1. The van der Waals surface area contributed by atoms with E-state index in [1.807, 2.05) is 0 Å². The van der Waals surface area contributed by atoms with E-state index in [9.17, 15) is 9.28 Å². The van der Waals surface area contributed by atoms with Crippen molar-refractivity contribution in [3.8, 4) is 11.5 Å². The number of carboxylic acid groups (broad SMARTS) is 1. The normalized spacial score (nSPS) is 12.3. The number of phenolic OH excluding ortho intramolecular Hbond substituents is 2. The third-order valence-corrected chi connectivity index (χ3v) is 1.91. The van der Waals surface area contributed by atoms with Gasteiger partial charge in [0.15, 0.2) is 11.5 Å². The van der Waals surface area contributed by atoms with E-state index in [1.165, 1.54) is 18.2 Å². The Kier molecular flexibility index (Phi) is 3.46. The van der Waals surface area contributed by atoms with Gasteiger partial charge in [0.25, 0.3) is 0 Å². The van der Waals surface area contributed by atoms with Crippen molar-refractivity contribution in [2.45, 2.75) is 12.5 Å². The molecule has 0 spiro atoms. The zero-order chi connectivity index (χ0) is 11.4. The Morgan fingerprint density at radius 2 is 2.07 bits per heavy atom. The van der Waals surface area contributed by atoms with Crippen LogP contribution >= 0.6 is 0 Å². The number of hydrogen-bond acceptors (Lipinski definition) is 4. The maximum Gasteiger partial charge on any atom is 0.323 e. The summed E-state index contributed by atoms with van der Waals surface area (Å²) in [5.74, 6) is -2.00. The SMILES string of the molecule is O=C(O)[C@H](Cc1ccc(O)c(O)c1)N[18F]. The molecule has 1 aromatic rings. The van der Waals surface area contributed by atoms with Crippen molar-refractivity contribution >= 4 is 5.97 Å². The van der Waals surface area contributed by atoms with Crippen molar-refractivity contribution in [1.29, 1.82) is 0 Å². The van der Waals surface area contributed by atoms with Crippen LogP contribution in [-0.4, -0.2) is 27.3 Å². The van der Waals surface area contributed by atoms with Crippen LogP contribution in [0.25, 0.3) is 0 Å². The molecule has 0 aromatic heterocycles. The van der Waals surface area contributed by atoms with Crippen molar-refractivity contribution in [3.05, 3.63) is 23.8 Å². The summed E-state index contributed by atoms with van der Waals surface area (Å²) >= 11 is 0. The molecule has 0 amide bonds. The first-order valence-corrected chi connectivity index (χ1v) is 4.14. The van der Waals surface area contributed by atoms with Gasteiger partial charge in [0.2, 0.25) is 0 Å². The van der Waals surface area contributed by atoms with Crippen LogP contribution in [0.5, 0.6) is 11.5 Å². The van der Waals surface area contributed by atoms with Gasteiger partial charge in [0.1, 0.15) is 6.04 Å². The van der Waals surface area contributed by atoms with E-state index >= 15 is 0 Å². The lowest BCUT2D eigenvalue weighted by atomic mass is 10.1. The lowest BCUT2D eigenvalue weighted by Gasteiger charge is -2.09. The lowest BCUT2D eigenvalue weighted by Crippen LogP contribution is -2.33. The zero-order valence-electron chi connectivity index (χ0n) is 7.64. The summed E-state index contributed by atoms with van der Waals surface area (Å²) in [6.45, 7) is 0. The number of phenols is 2. The quantitative estimate of drug-likeness (QED) is 0.434. The van der Waals surface area contributed by atoms with Crippen molar-refractivity contribution < 1.29 is 24.6 Å². The van der Waals surface area contributed by atoms with Crippen molar-refractivity contribution in [2.75, 3.05) is 0 Å². The van der Waals surface area contributed by atoms with Gasteiger partial charge in [-0.15, -0.1) is 10.0 Å². The maximum atomic E-state index is 12.0. The topological polar surface area (TPSA) is 89.8 Å². The first kappa shape index (κ1) is 11.3. The van der Waals surface area contributed by atoms with E-state index in [0.717, 1.165) is 5.54 Å². The first-order chi connectivity index (χ1) is 7.04. The highest BCUT2D eigenvalue weighted by atomic mass is 18.2. The Morgan fingerprint density at radius 1 is 1.40 bits per heavy atom. The molecule has 0 aliphatic heterocycles. The molecule has 0 saturated heterocycles. The molecular weight excluding hydrogens is 204 g/mol. The minimum Gasteiger partial charge on any atom is -0.504 e. The van der Waals surface area contributed by atoms with E-state index in [-0.39, 0.29) is 17.9 Å². The summed E-state index contributed by atoms with van der Waals surface area (Å²) in [6.07, 6.45) is -0.125. The smallest absolute Gasteiger partial charge is 0.323 e. The molecule has 0 aliphatic rings. The summed E-state index contributed by atoms with van der Waals surface area (Å²) in [5, 5.41) is 26.6. The zero-order valence-corrected chi connectivity index (χ0v) is 7.64. The average molecular weight is 214 g/mol. The van der Waals surface area contributed by atoms with E-state index < -0.39 is 12.0 Å². The second-order valence-electron chi connectivity index (χ2n) is 3.03. The van der Waals surface area contributed by atoms with Crippen LogP contribution in [0.1, 0.15) is 5.56 Å². The molecule has 6 heteroatoms. The largest absolute Gasteiger partial charge is 0.504 e. The molecule has 0 aliphatic carbocycles. The molecular formula is C9H10FNO4. The van der Waals surface area contributed by atoms with Gasteiger partial charge in [-0.3, -0.25) is 4.79 Å². The fourth-order valence-corrected chi connectivity index (χ4v) is 1.10. The summed E-state index contributed by atoms with van der Waals surface area (Å²) < 4.78 is 12.0. The summed E-state index contributed by atoms with van der Waals surface area (Å²) in [5.41, 5.74) is 1.55. The van der Waals surface area contributed by atoms with Crippen molar-refractivity contribution in [1.82, 2.24) is 5.54 Å². The van der Waals surface area contributed by atoms with E-state index in [1.54, 1.807) is 0 Å². The number of rotatable bonds is 4. The third kappa shape index (κ3) is 2.81. The van der Waals surface area contributed by atoms with Crippen LogP contribution in [0.2, 0.25) is 0 Å². The van der Waals surface area contributed by atoms with Gasteiger partial charge in [0, 0.05) is 6.42 Å². The molecule has 0 radical (unpaired) electrons. The van der Waals surface area contributed by atoms with Gasteiger partial charge in [-0.25, -0.2) is 0 Å². The number of hydrogen-bond donors (Lipinski definition) is 4.